The third-order valence-electron chi connectivity index (χ3n) is 3.51. The molecule has 0 aliphatic heterocycles. The molecule has 1 atom stereocenters. The van der Waals surface area contributed by atoms with Gasteiger partial charge in [0.2, 0.25) is 0 Å². The van der Waals surface area contributed by atoms with Gasteiger partial charge in [-0.2, -0.15) is 0 Å². The van der Waals surface area contributed by atoms with E-state index in [1.165, 1.54) is 11.1 Å². The highest BCUT2D eigenvalue weighted by molar-refractivity contribution is 6.30. The van der Waals surface area contributed by atoms with Crippen molar-refractivity contribution in [2.24, 2.45) is 0 Å². The molecule has 0 saturated carbocycles. The van der Waals surface area contributed by atoms with Crippen LogP contribution in [0.5, 0.6) is 0 Å². The molecule has 1 aromatic rings. The lowest BCUT2D eigenvalue weighted by molar-refractivity contribution is 0.0117. The normalized spacial score (nSPS) is 13.6. The topological polar surface area (TPSA) is 21.3 Å². The van der Waals surface area contributed by atoms with E-state index in [9.17, 15) is 0 Å². The second kappa shape index (κ2) is 7.28. The van der Waals surface area contributed by atoms with Gasteiger partial charge in [-0.1, -0.05) is 24.6 Å². The maximum absolute atomic E-state index is 6.16. The van der Waals surface area contributed by atoms with Crippen molar-refractivity contribution in [2.75, 3.05) is 13.7 Å². The maximum atomic E-state index is 6.16. The molecule has 0 aliphatic carbocycles. The van der Waals surface area contributed by atoms with Crippen LogP contribution in [-0.4, -0.2) is 19.3 Å². The maximum Gasteiger partial charge on any atom is 0.0623 e. The zero-order valence-electron chi connectivity index (χ0n) is 12.7. The summed E-state index contributed by atoms with van der Waals surface area (Å²) in [7, 11) is 1.77. The van der Waals surface area contributed by atoms with Crippen molar-refractivity contribution in [3.05, 3.63) is 34.3 Å². The molecule has 1 rings (SSSR count). The molecule has 0 fully saturated rings. The van der Waals surface area contributed by atoms with Crippen LogP contribution >= 0.6 is 11.6 Å². The number of nitrogens with one attached hydrogen (secondary N) is 1. The summed E-state index contributed by atoms with van der Waals surface area (Å²) in [5.41, 5.74) is 2.39. The summed E-state index contributed by atoms with van der Waals surface area (Å²) >= 11 is 6.16. The van der Waals surface area contributed by atoms with Gasteiger partial charge in [0.25, 0.3) is 0 Å². The van der Waals surface area contributed by atoms with Crippen LogP contribution in [0.2, 0.25) is 5.02 Å². The van der Waals surface area contributed by atoms with Gasteiger partial charge >= 0.3 is 0 Å². The molecule has 0 spiro atoms. The fraction of sp³-hybridized carbons (Fsp3) is 0.625. The minimum Gasteiger partial charge on any atom is -0.379 e. The first kappa shape index (κ1) is 16.5. The fourth-order valence-electron chi connectivity index (χ4n) is 2.19. The molecule has 2 nitrogen and oxygen atoms in total. The lowest BCUT2D eigenvalue weighted by Gasteiger charge is -2.27. The van der Waals surface area contributed by atoms with Crippen LogP contribution in [0.25, 0.3) is 0 Å². The van der Waals surface area contributed by atoms with E-state index in [1.807, 2.05) is 6.07 Å². The Kier molecular flexibility index (Phi) is 6.31. The minimum absolute atomic E-state index is 0.0821. The van der Waals surface area contributed by atoms with E-state index in [1.54, 1.807) is 7.11 Å². The Hall–Kier alpha value is -0.570. The zero-order valence-corrected chi connectivity index (χ0v) is 13.5. The van der Waals surface area contributed by atoms with E-state index in [4.69, 9.17) is 16.3 Å². The standard InChI is InChI=1S/C16H26ClNO/c1-6-18-15(7-8-16(3,4)19-5)13-9-12(2)10-14(17)11-13/h9-11,15,18H,6-8H2,1-5H3. The van der Waals surface area contributed by atoms with Crippen LogP contribution < -0.4 is 5.32 Å². The first-order valence-electron chi connectivity index (χ1n) is 6.93. The Balaban J connectivity index is 2.82. The molecule has 1 unspecified atom stereocenters. The smallest absolute Gasteiger partial charge is 0.0623 e. The van der Waals surface area contributed by atoms with Gasteiger partial charge in [0.15, 0.2) is 0 Å². The quantitative estimate of drug-likeness (QED) is 0.795. The number of hydrogen-bond donors (Lipinski definition) is 1. The minimum atomic E-state index is -0.0821. The van der Waals surface area contributed by atoms with Crippen molar-refractivity contribution in [3.63, 3.8) is 0 Å². The summed E-state index contributed by atoms with van der Waals surface area (Å²) < 4.78 is 5.50. The van der Waals surface area contributed by atoms with Gasteiger partial charge in [0.05, 0.1) is 5.60 Å². The Morgan fingerprint density at radius 1 is 1.32 bits per heavy atom. The van der Waals surface area contributed by atoms with Crippen molar-refractivity contribution in [2.45, 2.75) is 52.2 Å². The van der Waals surface area contributed by atoms with Crippen molar-refractivity contribution >= 4 is 11.6 Å². The molecule has 0 saturated heterocycles. The third kappa shape index (κ3) is 5.52. The monoisotopic (exact) mass is 283 g/mol. The predicted octanol–water partition coefficient (Wildman–Crippen LogP) is 4.50. The molecule has 19 heavy (non-hydrogen) atoms. The highest BCUT2D eigenvalue weighted by Crippen LogP contribution is 2.27. The summed E-state index contributed by atoms with van der Waals surface area (Å²) in [5.74, 6) is 0. The molecule has 0 aliphatic rings. The zero-order chi connectivity index (χ0) is 14.5. The number of benzene rings is 1. The van der Waals surface area contributed by atoms with E-state index in [-0.39, 0.29) is 5.60 Å². The summed E-state index contributed by atoms with van der Waals surface area (Å²) in [5, 5.41) is 4.34. The average Bonchev–Trinajstić information content (AvgIpc) is 2.33. The molecule has 0 heterocycles. The van der Waals surface area contributed by atoms with Crippen LogP contribution in [0, 0.1) is 6.92 Å². The van der Waals surface area contributed by atoms with Crippen LogP contribution in [0.4, 0.5) is 0 Å². The van der Waals surface area contributed by atoms with Crippen LogP contribution in [-0.2, 0) is 4.74 Å². The molecule has 0 radical (unpaired) electrons. The summed E-state index contributed by atoms with van der Waals surface area (Å²) in [6.45, 7) is 9.41. The van der Waals surface area contributed by atoms with Crippen molar-refractivity contribution < 1.29 is 4.74 Å². The Bertz CT molecular complexity index is 383. The van der Waals surface area contributed by atoms with Gasteiger partial charge in [-0.25, -0.2) is 0 Å². The molecule has 3 heteroatoms. The van der Waals surface area contributed by atoms with Gasteiger partial charge in [-0.05, 0) is 63.4 Å². The lowest BCUT2D eigenvalue weighted by atomic mass is 9.94. The van der Waals surface area contributed by atoms with Gasteiger partial charge in [0.1, 0.15) is 0 Å². The fourth-order valence-corrected chi connectivity index (χ4v) is 2.49. The van der Waals surface area contributed by atoms with Gasteiger partial charge < -0.3 is 10.1 Å². The first-order chi connectivity index (χ1) is 8.88. The van der Waals surface area contributed by atoms with E-state index in [2.05, 4.69) is 45.1 Å². The lowest BCUT2D eigenvalue weighted by Crippen LogP contribution is -2.27. The average molecular weight is 284 g/mol. The molecule has 0 aromatic heterocycles. The number of ether oxygens (including phenoxy) is 1. The highest BCUT2D eigenvalue weighted by atomic mass is 35.5. The number of hydrogen-bond acceptors (Lipinski definition) is 2. The van der Waals surface area contributed by atoms with Crippen molar-refractivity contribution in [1.29, 1.82) is 0 Å². The van der Waals surface area contributed by atoms with Gasteiger partial charge in [-0.3, -0.25) is 0 Å². The van der Waals surface area contributed by atoms with Gasteiger partial charge in [-0.15, -0.1) is 0 Å². The number of methoxy groups -OCH3 is 1. The van der Waals surface area contributed by atoms with E-state index in [0.717, 1.165) is 24.4 Å². The Morgan fingerprint density at radius 3 is 2.53 bits per heavy atom. The number of rotatable bonds is 7. The summed E-state index contributed by atoms with van der Waals surface area (Å²) in [6, 6.07) is 6.59. The number of halogens is 1. The van der Waals surface area contributed by atoms with E-state index >= 15 is 0 Å². The second-order valence-corrected chi connectivity index (χ2v) is 6.11. The first-order valence-corrected chi connectivity index (χ1v) is 7.31. The predicted molar refractivity (Wildman–Crippen MR) is 82.9 cm³/mol. The highest BCUT2D eigenvalue weighted by Gasteiger charge is 2.20. The second-order valence-electron chi connectivity index (χ2n) is 5.67. The largest absolute Gasteiger partial charge is 0.379 e. The third-order valence-corrected chi connectivity index (χ3v) is 3.72. The van der Waals surface area contributed by atoms with E-state index < -0.39 is 0 Å². The molecule has 0 amide bonds. The van der Waals surface area contributed by atoms with Crippen LogP contribution in [0.3, 0.4) is 0 Å². The molecule has 0 bridgehead atoms. The Morgan fingerprint density at radius 2 is 2.00 bits per heavy atom. The van der Waals surface area contributed by atoms with Gasteiger partial charge in [0, 0.05) is 18.2 Å². The molecule has 108 valence electrons. The van der Waals surface area contributed by atoms with Crippen LogP contribution in [0.15, 0.2) is 18.2 Å². The SMILES string of the molecule is CCNC(CCC(C)(C)OC)c1cc(C)cc(Cl)c1. The summed E-state index contributed by atoms with van der Waals surface area (Å²) in [4.78, 5) is 0. The number of aryl methyl sites for hydroxylation is 1. The molecule has 1 aromatic carbocycles. The molecule has 1 N–H and O–H groups in total. The molecular formula is C16H26ClNO. The van der Waals surface area contributed by atoms with Crippen molar-refractivity contribution in [1.82, 2.24) is 5.32 Å². The van der Waals surface area contributed by atoms with E-state index in [0.29, 0.717) is 6.04 Å². The Labute approximate surface area is 122 Å². The van der Waals surface area contributed by atoms with Crippen LogP contribution in [0.1, 0.15) is 50.8 Å². The van der Waals surface area contributed by atoms with Crippen molar-refractivity contribution in [3.8, 4) is 0 Å². The summed E-state index contributed by atoms with van der Waals surface area (Å²) in [6.07, 6.45) is 2.04. The molecular weight excluding hydrogens is 258 g/mol.